The number of rotatable bonds is 5. The zero-order valence-corrected chi connectivity index (χ0v) is 16.7. The Morgan fingerprint density at radius 2 is 1.91 bits per heavy atom. The minimum Gasteiger partial charge on any atom is -0.493 e. The molecule has 1 aromatic carbocycles. The summed E-state index contributed by atoms with van der Waals surface area (Å²) in [5.41, 5.74) is 4.82. The SMILES string of the molecule is COc1c(C2[C@@H](C(=O)Nc3ccnc(C(N)=O)c3)O[C@H](C(F)(F)F)[C@@H]2C)ccc(F)c1F. The summed E-state index contributed by atoms with van der Waals surface area (Å²) in [5, 5.41) is 2.35. The van der Waals surface area contributed by atoms with Crippen molar-refractivity contribution in [1.29, 1.82) is 0 Å². The Hall–Kier alpha value is -3.28. The van der Waals surface area contributed by atoms with Crippen molar-refractivity contribution in [2.45, 2.75) is 31.2 Å². The van der Waals surface area contributed by atoms with Crippen LogP contribution in [0.2, 0.25) is 0 Å². The van der Waals surface area contributed by atoms with E-state index in [0.29, 0.717) is 0 Å². The summed E-state index contributed by atoms with van der Waals surface area (Å²) in [5.74, 6) is -7.83. The number of anilines is 1. The highest BCUT2D eigenvalue weighted by molar-refractivity contribution is 5.97. The molecule has 1 fully saturated rings. The summed E-state index contributed by atoms with van der Waals surface area (Å²) in [7, 11) is 1.03. The Morgan fingerprint density at radius 3 is 2.50 bits per heavy atom. The minimum atomic E-state index is -4.83. The third-order valence-electron chi connectivity index (χ3n) is 5.17. The fourth-order valence-corrected chi connectivity index (χ4v) is 3.75. The molecule has 2 amide bonds. The summed E-state index contributed by atoms with van der Waals surface area (Å²) in [6.45, 7) is 1.19. The molecule has 0 radical (unpaired) electrons. The first-order valence-electron chi connectivity index (χ1n) is 9.26. The Bertz CT molecular complexity index is 1050. The standard InChI is InChI=1S/C20H18F5N3O4/c1-8-13(10-3-4-11(21)14(22)15(10)31-2)16(32-17(8)20(23,24)25)19(30)28-9-5-6-27-12(7-9)18(26)29/h3-8,13,16-17H,1-2H3,(H2,26,29)(H,27,28,30)/t8-,13?,16+,17+/m1/s1. The molecule has 0 spiro atoms. The third-order valence-corrected chi connectivity index (χ3v) is 5.17. The first-order chi connectivity index (χ1) is 15.0. The quantitative estimate of drug-likeness (QED) is 0.669. The molecule has 0 saturated carbocycles. The monoisotopic (exact) mass is 459 g/mol. The van der Waals surface area contributed by atoms with Crippen LogP contribution in [0.5, 0.6) is 5.75 Å². The van der Waals surface area contributed by atoms with E-state index in [1.165, 1.54) is 19.2 Å². The summed E-state index contributed by atoms with van der Waals surface area (Å²) in [4.78, 5) is 27.9. The lowest BCUT2D eigenvalue weighted by Crippen LogP contribution is -2.35. The van der Waals surface area contributed by atoms with Gasteiger partial charge in [0, 0.05) is 29.3 Å². The lowest BCUT2D eigenvalue weighted by atomic mass is 9.81. The van der Waals surface area contributed by atoms with Crippen LogP contribution in [-0.4, -0.2) is 42.3 Å². The lowest BCUT2D eigenvalue weighted by Gasteiger charge is -2.24. The number of aromatic nitrogens is 1. The predicted octanol–water partition coefficient (Wildman–Crippen LogP) is 3.16. The number of pyridine rings is 1. The predicted molar refractivity (Wildman–Crippen MR) is 101 cm³/mol. The highest BCUT2D eigenvalue weighted by Gasteiger charge is 2.57. The lowest BCUT2D eigenvalue weighted by molar-refractivity contribution is -0.221. The highest BCUT2D eigenvalue weighted by Crippen LogP contribution is 2.49. The first kappa shape index (κ1) is 23.4. The van der Waals surface area contributed by atoms with Gasteiger partial charge in [-0.3, -0.25) is 14.6 Å². The van der Waals surface area contributed by atoms with Gasteiger partial charge in [0.15, 0.2) is 17.7 Å². The van der Waals surface area contributed by atoms with Crippen LogP contribution in [0.15, 0.2) is 30.5 Å². The molecule has 2 aromatic rings. The smallest absolute Gasteiger partial charge is 0.414 e. The van der Waals surface area contributed by atoms with E-state index in [9.17, 15) is 31.5 Å². The first-order valence-corrected chi connectivity index (χ1v) is 9.26. The fraction of sp³-hybridized carbons (Fsp3) is 0.350. The molecule has 172 valence electrons. The molecule has 1 saturated heterocycles. The second-order valence-corrected chi connectivity index (χ2v) is 7.17. The van der Waals surface area contributed by atoms with E-state index in [-0.39, 0.29) is 16.9 Å². The molecule has 0 bridgehead atoms. The molecular formula is C20H18F5N3O4. The van der Waals surface area contributed by atoms with E-state index in [1.807, 2.05) is 0 Å². The van der Waals surface area contributed by atoms with Gasteiger partial charge in [-0.05, 0) is 18.2 Å². The van der Waals surface area contributed by atoms with Crippen molar-refractivity contribution in [1.82, 2.24) is 4.98 Å². The van der Waals surface area contributed by atoms with Crippen LogP contribution in [0, 0.1) is 17.6 Å². The number of carbonyl (C=O) groups is 2. The van der Waals surface area contributed by atoms with E-state index in [4.69, 9.17) is 15.2 Å². The number of halogens is 5. The van der Waals surface area contributed by atoms with Crippen LogP contribution in [0.4, 0.5) is 27.6 Å². The van der Waals surface area contributed by atoms with Gasteiger partial charge in [-0.15, -0.1) is 0 Å². The highest BCUT2D eigenvalue weighted by atomic mass is 19.4. The summed E-state index contributed by atoms with van der Waals surface area (Å²) in [6.07, 6.45) is -7.74. The largest absolute Gasteiger partial charge is 0.493 e. The van der Waals surface area contributed by atoms with E-state index < -0.39 is 59.4 Å². The number of nitrogens with two attached hydrogens (primary N) is 1. The number of hydrogen-bond donors (Lipinski definition) is 2. The Kier molecular flexibility index (Phi) is 6.35. The zero-order chi connectivity index (χ0) is 23.8. The Morgan fingerprint density at radius 1 is 1.22 bits per heavy atom. The van der Waals surface area contributed by atoms with Crippen molar-refractivity contribution in [3.8, 4) is 5.75 Å². The Labute approximate surface area is 178 Å². The number of nitrogens with one attached hydrogen (secondary N) is 1. The van der Waals surface area contributed by atoms with Crippen molar-refractivity contribution in [3.63, 3.8) is 0 Å². The van der Waals surface area contributed by atoms with Gasteiger partial charge in [0.25, 0.3) is 11.8 Å². The normalized spacial score (nSPS) is 23.1. The van der Waals surface area contributed by atoms with E-state index in [1.54, 1.807) is 0 Å². The van der Waals surface area contributed by atoms with Gasteiger partial charge < -0.3 is 20.5 Å². The molecule has 1 aliphatic rings. The number of hydrogen-bond acceptors (Lipinski definition) is 5. The van der Waals surface area contributed by atoms with Gasteiger partial charge >= 0.3 is 6.18 Å². The molecule has 3 N–H and O–H groups in total. The topological polar surface area (TPSA) is 104 Å². The third kappa shape index (κ3) is 4.35. The van der Waals surface area contributed by atoms with Gasteiger partial charge in [-0.2, -0.15) is 17.6 Å². The molecule has 4 atom stereocenters. The molecule has 2 heterocycles. The molecule has 0 aliphatic carbocycles. The molecule has 12 heteroatoms. The average molecular weight is 459 g/mol. The van der Waals surface area contributed by atoms with Gasteiger partial charge in [0.05, 0.1) is 7.11 Å². The van der Waals surface area contributed by atoms with Crippen molar-refractivity contribution >= 4 is 17.5 Å². The second-order valence-electron chi connectivity index (χ2n) is 7.17. The van der Waals surface area contributed by atoms with Gasteiger partial charge in [-0.1, -0.05) is 13.0 Å². The molecule has 1 unspecified atom stereocenters. The number of carbonyl (C=O) groups excluding carboxylic acids is 2. The average Bonchev–Trinajstić information content (AvgIpc) is 3.07. The summed E-state index contributed by atoms with van der Waals surface area (Å²) >= 11 is 0. The number of primary amides is 1. The van der Waals surface area contributed by atoms with Crippen LogP contribution >= 0.6 is 0 Å². The van der Waals surface area contributed by atoms with Crippen LogP contribution in [-0.2, 0) is 9.53 Å². The molecule has 32 heavy (non-hydrogen) atoms. The van der Waals surface area contributed by atoms with Crippen LogP contribution in [0.1, 0.15) is 28.9 Å². The van der Waals surface area contributed by atoms with E-state index >= 15 is 0 Å². The van der Waals surface area contributed by atoms with Crippen molar-refractivity contribution in [3.05, 3.63) is 53.4 Å². The number of nitrogens with zero attached hydrogens (tertiary/aromatic N) is 1. The number of ether oxygens (including phenoxy) is 2. The molecule has 7 nitrogen and oxygen atoms in total. The molecular weight excluding hydrogens is 441 g/mol. The fourth-order valence-electron chi connectivity index (χ4n) is 3.75. The minimum absolute atomic E-state index is 0.0292. The Balaban J connectivity index is 2.02. The van der Waals surface area contributed by atoms with Gasteiger partial charge in [0.1, 0.15) is 11.8 Å². The molecule has 1 aliphatic heterocycles. The van der Waals surface area contributed by atoms with Crippen molar-refractivity contribution in [2.24, 2.45) is 11.7 Å². The van der Waals surface area contributed by atoms with Crippen molar-refractivity contribution < 1.29 is 41.0 Å². The maximum Gasteiger partial charge on any atom is 0.414 e. The number of benzene rings is 1. The van der Waals surface area contributed by atoms with Crippen LogP contribution in [0.3, 0.4) is 0 Å². The maximum absolute atomic E-state index is 14.3. The van der Waals surface area contributed by atoms with Crippen LogP contribution < -0.4 is 15.8 Å². The van der Waals surface area contributed by atoms with Gasteiger partial charge in [-0.25, -0.2) is 4.39 Å². The second kappa shape index (κ2) is 8.69. The molecule has 3 rings (SSSR count). The maximum atomic E-state index is 14.3. The van der Waals surface area contributed by atoms with Gasteiger partial charge in [0.2, 0.25) is 5.82 Å². The van der Waals surface area contributed by atoms with E-state index in [0.717, 1.165) is 25.3 Å². The zero-order valence-electron chi connectivity index (χ0n) is 16.7. The van der Waals surface area contributed by atoms with E-state index in [2.05, 4.69) is 10.3 Å². The molecule has 1 aromatic heterocycles. The summed E-state index contributed by atoms with van der Waals surface area (Å²) in [6, 6.07) is 4.21. The van der Waals surface area contributed by atoms with Crippen molar-refractivity contribution in [2.75, 3.05) is 12.4 Å². The number of amides is 2. The summed E-state index contributed by atoms with van der Waals surface area (Å²) < 4.78 is 78.5. The number of alkyl halides is 3. The number of methoxy groups -OCH3 is 1. The van der Waals surface area contributed by atoms with Crippen LogP contribution in [0.25, 0.3) is 0 Å².